The Balaban J connectivity index is 2.60. The number of carbonyl (C=O) groups is 1. The van der Waals surface area contributed by atoms with Crippen molar-refractivity contribution in [2.24, 2.45) is 0 Å². The zero-order valence-corrected chi connectivity index (χ0v) is 7.69. The van der Waals surface area contributed by atoms with E-state index in [1.165, 1.54) is 12.1 Å². The summed E-state index contributed by atoms with van der Waals surface area (Å²) in [4.78, 5) is 21.2. The minimum Gasteiger partial charge on any atom is -0.506 e. The summed E-state index contributed by atoms with van der Waals surface area (Å²) >= 11 is 0. The Morgan fingerprint density at radius 2 is 2.13 bits per heavy atom. The highest BCUT2D eigenvalue weighted by Crippen LogP contribution is 2.37. The first-order chi connectivity index (χ1) is 7.09. The lowest BCUT2D eigenvalue weighted by molar-refractivity contribution is -0.385. The van der Waals surface area contributed by atoms with Crippen LogP contribution >= 0.6 is 0 Å². The molecule has 0 bridgehead atoms. The molecule has 1 heterocycles. The number of amides is 1. The zero-order chi connectivity index (χ0) is 11.0. The van der Waals surface area contributed by atoms with E-state index in [1.54, 1.807) is 0 Å². The number of phenols is 1. The van der Waals surface area contributed by atoms with Crippen LogP contribution in [0, 0.1) is 10.1 Å². The van der Waals surface area contributed by atoms with Crippen molar-refractivity contribution in [2.75, 3.05) is 5.32 Å². The summed E-state index contributed by atoms with van der Waals surface area (Å²) in [7, 11) is 0. The first kappa shape index (κ1) is 9.45. The normalized spacial score (nSPS) is 14.3. The summed E-state index contributed by atoms with van der Waals surface area (Å²) in [6, 6.07) is 2.45. The molecule has 0 saturated carbocycles. The summed E-state index contributed by atoms with van der Waals surface area (Å²) in [5.74, 6) is -0.373. The third kappa shape index (κ3) is 1.50. The number of nitro groups is 1. The average Bonchev–Trinajstić information content (AvgIpc) is 2.19. The van der Waals surface area contributed by atoms with Crippen LogP contribution in [-0.4, -0.2) is 15.9 Å². The molecule has 1 aromatic rings. The first-order valence-electron chi connectivity index (χ1n) is 4.38. The lowest BCUT2D eigenvalue weighted by Crippen LogP contribution is -2.19. The number of aromatic hydroxyl groups is 1. The second-order valence-corrected chi connectivity index (χ2v) is 3.26. The zero-order valence-electron chi connectivity index (χ0n) is 7.69. The van der Waals surface area contributed by atoms with E-state index in [0.717, 1.165) is 0 Å². The standard InChI is InChI=1S/C9H8N2O4/c12-7-3-2-6(11(14)15)5-1-4-8(13)10-9(5)7/h2-3,12H,1,4H2,(H,10,13). The Morgan fingerprint density at radius 3 is 2.80 bits per heavy atom. The van der Waals surface area contributed by atoms with Crippen molar-refractivity contribution in [1.29, 1.82) is 0 Å². The molecule has 6 nitrogen and oxygen atoms in total. The second-order valence-electron chi connectivity index (χ2n) is 3.26. The number of nitrogens with one attached hydrogen (secondary N) is 1. The molecule has 1 aliphatic rings. The molecule has 15 heavy (non-hydrogen) atoms. The number of nitro benzene ring substituents is 1. The molecule has 0 atom stereocenters. The van der Waals surface area contributed by atoms with Crippen LogP contribution in [0.4, 0.5) is 11.4 Å². The molecule has 0 aromatic heterocycles. The third-order valence-electron chi connectivity index (χ3n) is 2.33. The Kier molecular flexibility index (Phi) is 2.03. The lowest BCUT2D eigenvalue weighted by Gasteiger charge is -2.17. The smallest absolute Gasteiger partial charge is 0.274 e. The number of nitrogens with zero attached hydrogens (tertiary/aromatic N) is 1. The maximum absolute atomic E-state index is 11.1. The average molecular weight is 208 g/mol. The van der Waals surface area contributed by atoms with E-state index in [9.17, 15) is 20.0 Å². The topological polar surface area (TPSA) is 92.5 Å². The predicted molar refractivity (Wildman–Crippen MR) is 51.7 cm³/mol. The Labute approximate surface area is 84.7 Å². The van der Waals surface area contributed by atoms with Gasteiger partial charge in [0, 0.05) is 12.5 Å². The summed E-state index contributed by atoms with van der Waals surface area (Å²) in [6.07, 6.45) is 0.489. The van der Waals surface area contributed by atoms with Gasteiger partial charge in [0.2, 0.25) is 5.91 Å². The number of hydrogen-bond donors (Lipinski definition) is 2. The van der Waals surface area contributed by atoms with Crippen molar-refractivity contribution >= 4 is 17.3 Å². The fraction of sp³-hybridized carbons (Fsp3) is 0.222. The van der Waals surface area contributed by atoms with Gasteiger partial charge in [-0.15, -0.1) is 0 Å². The van der Waals surface area contributed by atoms with Gasteiger partial charge in [0.1, 0.15) is 5.75 Å². The lowest BCUT2D eigenvalue weighted by atomic mass is 10.0. The van der Waals surface area contributed by atoms with Gasteiger partial charge in [-0.2, -0.15) is 0 Å². The predicted octanol–water partition coefficient (Wildman–Crippen LogP) is 1.19. The van der Waals surface area contributed by atoms with Crippen LogP contribution in [0.1, 0.15) is 12.0 Å². The molecule has 6 heteroatoms. The molecule has 2 rings (SSSR count). The molecule has 1 amide bonds. The van der Waals surface area contributed by atoms with E-state index in [-0.39, 0.29) is 35.9 Å². The molecule has 0 unspecified atom stereocenters. The fourth-order valence-electron chi connectivity index (χ4n) is 1.63. The van der Waals surface area contributed by atoms with E-state index >= 15 is 0 Å². The summed E-state index contributed by atoms with van der Waals surface area (Å²) in [5, 5.41) is 22.6. The van der Waals surface area contributed by atoms with Crippen LogP contribution in [0.3, 0.4) is 0 Å². The van der Waals surface area contributed by atoms with Crippen LogP contribution in [0.5, 0.6) is 5.75 Å². The van der Waals surface area contributed by atoms with Gasteiger partial charge in [0.15, 0.2) is 0 Å². The van der Waals surface area contributed by atoms with Crippen molar-refractivity contribution in [3.63, 3.8) is 0 Å². The number of benzene rings is 1. The largest absolute Gasteiger partial charge is 0.506 e. The molecule has 0 saturated heterocycles. The van der Waals surface area contributed by atoms with E-state index in [1.807, 2.05) is 0 Å². The van der Waals surface area contributed by atoms with Gasteiger partial charge in [-0.25, -0.2) is 0 Å². The van der Waals surface area contributed by atoms with Gasteiger partial charge in [0.05, 0.1) is 16.2 Å². The van der Waals surface area contributed by atoms with Crippen LogP contribution < -0.4 is 5.32 Å². The van der Waals surface area contributed by atoms with Gasteiger partial charge in [-0.3, -0.25) is 14.9 Å². The van der Waals surface area contributed by atoms with Crippen molar-refractivity contribution in [2.45, 2.75) is 12.8 Å². The van der Waals surface area contributed by atoms with Crippen LogP contribution in [0.2, 0.25) is 0 Å². The Hall–Kier alpha value is -2.11. The van der Waals surface area contributed by atoms with Crippen LogP contribution in [-0.2, 0) is 11.2 Å². The Morgan fingerprint density at radius 1 is 1.40 bits per heavy atom. The summed E-state index contributed by atoms with van der Waals surface area (Å²) < 4.78 is 0. The van der Waals surface area contributed by atoms with Crippen molar-refractivity contribution in [1.82, 2.24) is 0 Å². The minimum absolute atomic E-state index is 0.0669. The number of anilines is 1. The summed E-state index contributed by atoms with van der Waals surface area (Å²) in [5.41, 5.74) is 0.489. The molecule has 78 valence electrons. The van der Waals surface area contributed by atoms with Gasteiger partial charge >= 0.3 is 0 Å². The first-order valence-corrected chi connectivity index (χ1v) is 4.38. The number of carbonyl (C=O) groups excluding carboxylic acids is 1. The maximum atomic E-state index is 11.1. The van der Waals surface area contributed by atoms with Crippen molar-refractivity contribution in [3.05, 3.63) is 27.8 Å². The maximum Gasteiger partial charge on any atom is 0.274 e. The van der Waals surface area contributed by atoms with Gasteiger partial charge in [-0.05, 0) is 12.5 Å². The molecular weight excluding hydrogens is 200 g/mol. The second kappa shape index (κ2) is 3.23. The molecular formula is C9H8N2O4. The van der Waals surface area contributed by atoms with E-state index in [4.69, 9.17) is 0 Å². The van der Waals surface area contributed by atoms with Crippen molar-refractivity contribution in [3.8, 4) is 5.75 Å². The number of hydrogen-bond acceptors (Lipinski definition) is 4. The monoisotopic (exact) mass is 208 g/mol. The highest BCUT2D eigenvalue weighted by atomic mass is 16.6. The van der Waals surface area contributed by atoms with Crippen LogP contribution in [0.25, 0.3) is 0 Å². The molecule has 0 radical (unpaired) electrons. The SMILES string of the molecule is O=C1CCc2c([N+](=O)[O-])ccc(O)c2N1. The van der Waals surface area contributed by atoms with Gasteiger partial charge in [-0.1, -0.05) is 0 Å². The van der Waals surface area contributed by atoms with E-state index in [2.05, 4.69) is 5.32 Å². The van der Waals surface area contributed by atoms with Gasteiger partial charge < -0.3 is 10.4 Å². The molecule has 1 aromatic carbocycles. The molecule has 1 aliphatic heterocycles. The molecule has 0 aliphatic carbocycles. The number of phenolic OH excluding ortho intramolecular Hbond substituents is 1. The highest BCUT2D eigenvalue weighted by Gasteiger charge is 2.25. The van der Waals surface area contributed by atoms with Crippen LogP contribution in [0.15, 0.2) is 12.1 Å². The quantitative estimate of drug-likeness (QED) is 0.411. The van der Waals surface area contributed by atoms with Gasteiger partial charge in [0.25, 0.3) is 5.69 Å². The number of fused-ring (bicyclic) bond motifs is 1. The summed E-state index contributed by atoms with van der Waals surface area (Å²) in [6.45, 7) is 0. The van der Waals surface area contributed by atoms with E-state index < -0.39 is 4.92 Å². The van der Waals surface area contributed by atoms with Crippen molar-refractivity contribution < 1.29 is 14.8 Å². The number of rotatable bonds is 1. The Bertz CT molecular complexity index is 456. The van der Waals surface area contributed by atoms with E-state index in [0.29, 0.717) is 5.56 Å². The molecule has 0 spiro atoms. The third-order valence-corrected chi connectivity index (χ3v) is 2.33. The molecule has 2 N–H and O–H groups in total. The highest BCUT2D eigenvalue weighted by molar-refractivity contribution is 5.96. The molecule has 0 fully saturated rings. The fourth-order valence-corrected chi connectivity index (χ4v) is 1.63. The minimum atomic E-state index is -0.518.